The summed E-state index contributed by atoms with van der Waals surface area (Å²) in [7, 11) is 0. The van der Waals surface area contributed by atoms with Crippen molar-refractivity contribution >= 4 is 46.4 Å². The molecule has 1 aliphatic rings. The number of carbonyl (C=O) groups excluding carboxylic acids is 2. The number of carbonyl (C=O) groups is 2. The largest absolute Gasteiger partial charge is 0.325 e. The lowest BCUT2D eigenvalue weighted by molar-refractivity contribution is -0.117. The van der Waals surface area contributed by atoms with Gasteiger partial charge in [0, 0.05) is 25.6 Å². The van der Waals surface area contributed by atoms with Crippen LogP contribution in [0.5, 0.6) is 0 Å². The normalized spacial score (nSPS) is 19.2. The van der Waals surface area contributed by atoms with Crippen molar-refractivity contribution in [3.8, 4) is 0 Å². The van der Waals surface area contributed by atoms with Gasteiger partial charge in [0.25, 0.3) is 0 Å². The molecule has 2 amide bonds. The maximum Gasteiger partial charge on any atom is 0.228 e. The number of amides is 2. The van der Waals surface area contributed by atoms with Gasteiger partial charge in [-0.25, -0.2) is 0 Å². The molecular formula is C12H12Cl2N2O2. The Kier molecular flexibility index (Phi) is 3.78. The SMILES string of the molecule is CC(=O)Nc1ccc(N2CC(Cl)CC2=O)cc1Cl. The molecule has 1 aromatic rings. The lowest BCUT2D eigenvalue weighted by Gasteiger charge is -2.17. The molecule has 2 rings (SSSR count). The molecule has 1 fully saturated rings. The monoisotopic (exact) mass is 286 g/mol. The fourth-order valence-corrected chi connectivity index (χ4v) is 2.37. The van der Waals surface area contributed by atoms with Crippen molar-refractivity contribution < 1.29 is 9.59 Å². The predicted octanol–water partition coefficient (Wildman–Crippen LogP) is 2.64. The van der Waals surface area contributed by atoms with Crippen molar-refractivity contribution in [1.29, 1.82) is 0 Å². The number of halogens is 2. The van der Waals surface area contributed by atoms with Crippen LogP contribution in [0.2, 0.25) is 5.02 Å². The van der Waals surface area contributed by atoms with Gasteiger partial charge >= 0.3 is 0 Å². The van der Waals surface area contributed by atoms with Crippen LogP contribution in [0.25, 0.3) is 0 Å². The summed E-state index contributed by atoms with van der Waals surface area (Å²) in [4.78, 5) is 24.2. The Morgan fingerprint density at radius 1 is 1.50 bits per heavy atom. The van der Waals surface area contributed by atoms with E-state index < -0.39 is 0 Å². The zero-order chi connectivity index (χ0) is 13.3. The molecule has 1 aliphatic heterocycles. The lowest BCUT2D eigenvalue weighted by atomic mass is 10.2. The van der Waals surface area contributed by atoms with E-state index in [1.807, 2.05) is 0 Å². The van der Waals surface area contributed by atoms with E-state index in [9.17, 15) is 9.59 Å². The Balaban J connectivity index is 2.23. The molecule has 1 N–H and O–H groups in total. The fraction of sp³-hybridized carbons (Fsp3) is 0.333. The molecule has 0 aromatic heterocycles. The van der Waals surface area contributed by atoms with Crippen molar-refractivity contribution in [3.63, 3.8) is 0 Å². The first-order valence-corrected chi connectivity index (χ1v) is 6.30. The van der Waals surface area contributed by atoms with Crippen molar-refractivity contribution in [2.24, 2.45) is 0 Å². The number of alkyl halides is 1. The van der Waals surface area contributed by atoms with Crippen molar-refractivity contribution in [3.05, 3.63) is 23.2 Å². The lowest BCUT2D eigenvalue weighted by Crippen LogP contribution is -2.24. The van der Waals surface area contributed by atoms with Gasteiger partial charge in [-0.2, -0.15) is 0 Å². The second-order valence-electron chi connectivity index (χ2n) is 4.15. The molecule has 0 bridgehead atoms. The van der Waals surface area contributed by atoms with E-state index in [0.717, 1.165) is 0 Å². The van der Waals surface area contributed by atoms with Crippen LogP contribution in [0.15, 0.2) is 18.2 Å². The van der Waals surface area contributed by atoms with E-state index in [0.29, 0.717) is 29.4 Å². The quantitative estimate of drug-likeness (QED) is 0.850. The average molecular weight is 287 g/mol. The minimum Gasteiger partial charge on any atom is -0.325 e. The molecule has 1 unspecified atom stereocenters. The standard InChI is InChI=1S/C12H12Cl2N2O2/c1-7(17)15-11-3-2-9(5-10(11)14)16-6-8(13)4-12(16)18/h2-3,5,8H,4,6H2,1H3,(H,15,17). The molecule has 0 radical (unpaired) electrons. The zero-order valence-corrected chi connectivity index (χ0v) is 11.3. The minimum absolute atomic E-state index is 0.0154. The number of nitrogens with zero attached hydrogens (tertiary/aromatic N) is 1. The first kappa shape index (κ1) is 13.2. The van der Waals surface area contributed by atoms with Crippen molar-refractivity contribution in [2.75, 3.05) is 16.8 Å². The third kappa shape index (κ3) is 2.76. The van der Waals surface area contributed by atoms with Crippen LogP contribution >= 0.6 is 23.2 Å². The van der Waals surface area contributed by atoms with Gasteiger partial charge in [-0.05, 0) is 18.2 Å². The van der Waals surface area contributed by atoms with Crippen LogP contribution in [-0.2, 0) is 9.59 Å². The van der Waals surface area contributed by atoms with E-state index in [-0.39, 0.29) is 17.2 Å². The molecule has 0 saturated carbocycles. The van der Waals surface area contributed by atoms with Gasteiger partial charge in [-0.15, -0.1) is 11.6 Å². The summed E-state index contributed by atoms with van der Waals surface area (Å²) in [5.41, 5.74) is 1.23. The molecular weight excluding hydrogens is 275 g/mol. The van der Waals surface area contributed by atoms with Gasteiger partial charge in [0.2, 0.25) is 11.8 Å². The van der Waals surface area contributed by atoms with E-state index in [1.54, 1.807) is 23.1 Å². The van der Waals surface area contributed by atoms with Gasteiger partial charge in [-0.3, -0.25) is 9.59 Å². The van der Waals surface area contributed by atoms with E-state index in [4.69, 9.17) is 23.2 Å². The molecule has 1 atom stereocenters. The van der Waals surface area contributed by atoms with Crippen LogP contribution in [-0.4, -0.2) is 23.7 Å². The van der Waals surface area contributed by atoms with E-state index in [2.05, 4.69) is 5.32 Å². The first-order chi connectivity index (χ1) is 8.47. The highest BCUT2D eigenvalue weighted by atomic mass is 35.5. The Morgan fingerprint density at radius 3 is 2.72 bits per heavy atom. The van der Waals surface area contributed by atoms with Crippen LogP contribution in [0.3, 0.4) is 0 Å². The Hall–Kier alpha value is -1.26. The average Bonchev–Trinajstić information content (AvgIpc) is 2.60. The summed E-state index contributed by atoms with van der Waals surface area (Å²) in [6.45, 7) is 1.89. The van der Waals surface area contributed by atoms with Crippen molar-refractivity contribution in [1.82, 2.24) is 0 Å². The highest BCUT2D eigenvalue weighted by Gasteiger charge is 2.29. The van der Waals surface area contributed by atoms with Crippen molar-refractivity contribution in [2.45, 2.75) is 18.7 Å². The summed E-state index contributed by atoms with van der Waals surface area (Å²) < 4.78 is 0. The topological polar surface area (TPSA) is 49.4 Å². The molecule has 0 aliphatic carbocycles. The number of nitrogens with one attached hydrogen (secondary N) is 1. The fourth-order valence-electron chi connectivity index (χ4n) is 1.88. The summed E-state index contributed by atoms with van der Waals surface area (Å²) in [5, 5.41) is 2.85. The number of rotatable bonds is 2. The second-order valence-corrected chi connectivity index (χ2v) is 5.18. The second kappa shape index (κ2) is 5.16. The van der Waals surface area contributed by atoms with E-state index in [1.165, 1.54) is 6.92 Å². The Labute approximate surface area is 115 Å². The van der Waals surface area contributed by atoms with E-state index >= 15 is 0 Å². The first-order valence-electron chi connectivity index (χ1n) is 5.49. The van der Waals surface area contributed by atoms with Crippen LogP contribution in [0.1, 0.15) is 13.3 Å². The Morgan fingerprint density at radius 2 is 2.22 bits per heavy atom. The molecule has 96 valence electrons. The molecule has 1 heterocycles. The van der Waals surface area contributed by atoms with Gasteiger partial charge in [-0.1, -0.05) is 11.6 Å². The smallest absolute Gasteiger partial charge is 0.228 e. The van der Waals surface area contributed by atoms with Gasteiger partial charge in [0.1, 0.15) is 0 Å². The van der Waals surface area contributed by atoms with Gasteiger partial charge < -0.3 is 10.2 Å². The Bertz CT molecular complexity index is 505. The maximum atomic E-state index is 11.7. The number of benzene rings is 1. The summed E-state index contributed by atoms with van der Waals surface area (Å²) in [5.74, 6) is -0.207. The highest BCUT2D eigenvalue weighted by Crippen LogP contribution is 2.30. The highest BCUT2D eigenvalue weighted by molar-refractivity contribution is 6.34. The summed E-state index contributed by atoms with van der Waals surface area (Å²) in [6, 6.07) is 5.07. The predicted molar refractivity (Wildman–Crippen MR) is 72.4 cm³/mol. The van der Waals surface area contributed by atoms with Crippen LogP contribution in [0, 0.1) is 0 Å². The molecule has 6 heteroatoms. The third-order valence-electron chi connectivity index (χ3n) is 2.65. The molecule has 1 saturated heterocycles. The van der Waals surface area contributed by atoms with Crippen LogP contribution in [0.4, 0.5) is 11.4 Å². The maximum absolute atomic E-state index is 11.7. The molecule has 0 spiro atoms. The molecule has 4 nitrogen and oxygen atoms in total. The van der Waals surface area contributed by atoms with Gasteiger partial charge in [0.05, 0.1) is 16.1 Å². The minimum atomic E-state index is -0.192. The zero-order valence-electron chi connectivity index (χ0n) is 9.74. The number of hydrogen-bond donors (Lipinski definition) is 1. The van der Waals surface area contributed by atoms with Gasteiger partial charge in [0.15, 0.2) is 0 Å². The summed E-state index contributed by atoms with van der Waals surface area (Å²) in [6.07, 6.45) is 0.340. The number of hydrogen-bond acceptors (Lipinski definition) is 2. The molecule has 18 heavy (non-hydrogen) atoms. The van der Waals surface area contributed by atoms with Crippen LogP contribution < -0.4 is 10.2 Å². The number of anilines is 2. The third-order valence-corrected chi connectivity index (χ3v) is 3.26. The summed E-state index contributed by atoms with van der Waals surface area (Å²) >= 11 is 12.0. The molecule has 1 aromatic carbocycles.